The first-order chi connectivity index (χ1) is 8.22. The largest absolute Gasteiger partial charge is 0.317 e. The van der Waals surface area contributed by atoms with Crippen LogP contribution in [0.4, 0.5) is 0 Å². The molecule has 1 unspecified atom stereocenters. The summed E-state index contributed by atoms with van der Waals surface area (Å²) in [7, 11) is 0. The Morgan fingerprint density at radius 1 is 0.941 bits per heavy atom. The molecule has 0 aliphatic heterocycles. The second-order valence-corrected chi connectivity index (χ2v) is 4.66. The maximum atomic E-state index is 6.62. The minimum atomic E-state index is -0.408. The Labute approximate surface area is 102 Å². The van der Waals surface area contributed by atoms with Crippen molar-refractivity contribution in [2.75, 3.05) is 0 Å². The average Bonchev–Trinajstić information content (AvgIpc) is 2.65. The fourth-order valence-electron chi connectivity index (χ4n) is 2.70. The molecule has 1 nitrogen and oxygen atoms in total. The van der Waals surface area contributed by atoms with Crippen molar-refractivity contribution in [1.29, 1.82) is 0 Å². The monoisotopic (exact) mass is 221 g/mol. The normalized spacial score (nSPS) is 22.5. The first-order valence-corrected chi connectivity index (χ1v) is 5.84. The van der Waals surface area contributed by atoms with Crippen LogP contribution in [-0.4, -0.2) is 0 Å². The molecular weight excluding hydrogens is 206 g/mol. The molecule has 0 spiro atoms. The second kappa shape index (κ2) is 3.57. The van der Waals surface area contributed by atoms with Crippen LogP contribution in [0.1, 0.15) is 23.1 Å². The minimum Gasteiger partial charge on any atom is -0.317 e. The number of benzene rings is 2. The highest BCUT2D eigenvalue weighted by molar-refractivity contribution is 5.75. The van der Waals surface area contributed by atoms with Gasteiger partial charge in [0.1, 0.15) is 0 Å². The molecule has 2 aromatic rings. The van der Waals surface area contributed by atoms with Crippen molar-refractivity contribution < 1.29 is 0 Å². The van der Waals surface area contributed by atoms with E-state index in [1.807, 2.05) is 30.3 Å². The van der Waals surface area contributed by atoms with Crippen LogP contribution in [0.25, 0.3) is 5.57 Å². The quantitative estimate of drug-likeness (QED) is 0.785. The third kappa shape index (κ3) is 1.43. The first kappa shape index (κ1) is 10.3. The molecule has 1 atom stereocenters. The molecule has 0 fully saturated rings. The van der Waals surface area contributed by atoms with Gasteiger partial charge in [0, 0.05) is 0 Å². The zero-order valence-corrected chi connectivity index (χ0v) is 9.69. The summed E-state index contributed by atoms with van der Waals surface area (Å²) in [5.41, 5.74) is 10.9. The van der Waals surface area contributed by atoms with Crippen LogP contribution < -0.4 is 5.73 Å². The lowest BCUT2D eigenvalue weighted by atomic mass is 9.85. The summed E-state index contributed by atoms with van der Waals surface area (Å²) >= 11 is 0. The zero-order valence-electron chi connectivity index (χ0n) is 9.69. The molecule has 1 aliphatic carbocycles. The topological polar surface area (TPSA) is 26.0 Å². The number of fused-ring (bicyclic) bond motifs is 1. The van der Waals surface area contributed by atoms with Gasteiger partial charge in [-0.2, -0.15) is 0 Å². The van der Waals surface area contributed by atoms with Crippen molar-refractivity contribution in [3.63, 3.8) is 0 Å². The predicted molar refractivity (Wildman–Crippen MR) is 71.5 cm³/mol. The molecule has 1 aliphatic rings. The molecule has 2 N–H and O–H groups in total. The summed E-state index contributed by atoms with van der Waals surface area (Å²) in [5.74, 6) is 0. The molecule has 0 radical (unpaired) electrons. The third-order valence-corrected chi connectivity index (χ3v) is 3.57. The predicted octanol–water partition coefficient (Wildman–Crippen LogP) is 3.31. The summed E-state index contributed by atoms with van der Waals surface area (Å²) in [6.45, 7) is 4.14. The Hall–Kier alpha value is -1.86. The minimum absolute atomic E-state index is 0.408. The lowest BCUT2D eigenvalue weighted by Crippen LogP contribution is -2.35. The molecule has 17 heavy (non-hydrogen) atoms. The molecule has 0 heterocycles. The zero-order chi connectivity index (χ0) is 11.9. The van der Waals surface area contributed by atoms with Crippen molar-refractivity contribution in [2.24, 2.45) is 5.73 Å². The van der Waals surface area contributed by atoms with Gasteiger partial charge in [0.15, 0.2) is 0 Å². The molecule has 2 aromatic carbocycles. The third-order valence-electron chi connectivity index (χ3n) is 3.57. The summed E-state index contributed by atoms with van der Waals surface area (Å²) < 4.78 is 0. The van der Waals surface area contributed by atoms with Gasteiger partial charge in [-0.05, 0) is 28.7 Å². The van der Waals surface area contributed by atoms with Gasteiger partial charge in [0.25, 0.3) is 0 Å². The van der Waals surface area contributed by atoms with Gasteiger partial charge in [-0.3, -0.25) is 0 Å². The van der Waals surface area contributed by atoms with Crippen LogP contribution in [0.2, 0.25) is 0 Å². The molecular formula is C16H15N. The maximum absolute atomic E-state index is 6.62. The second-order valence-electron chi connectivity index (χ2n) is 4.66. The van der Waals surface area contributed by atoms with E-state index >= 15 is 0 Å². The van der Waals surface area contributed by atoms with Crippen molar-refractivity contribution >= 4 is 5.57 Å². The Balaban J connectivity index is 2.21. The van der Waals surface area contributed by atoms with Gasteiger partial charge >= 0.3 is 0 Å². The van der Waals surface area contributed by atoms with Gasteiger partial charge in [-0.25, -0.2) is 0 Å². The Morgan fingerprint density at radius 3 is 2.35 bits per heavy atom. The van der Waals surface area contributed by atoms with Gasteiger partial charge in [-0.15, -0.1) is 0 Å². The van der Waals surface area contributed by atoms with Crippen LogP contribution in [0.15, 0.2) is 61.2 Å². The van der Waals surface area contributed by atoms with E-state index in [0.29, 0.717) is 0 Å². The molecule has 0 saturated carbocycles. The summed E-state index contributed by atoms with van der Waals surface area (Å²) in [6.07, 6.45) is 0.802. The molecule has 3 rings (SSSR count). The molecule has 0 saturated heterocycles. The Bertz CT molecular complexity index is 571. The van der Waals surface area contributed by atoms with E-state index in [2.05, 4.69) is 30.8 Å². The van der Waals surface area contributed by atoms with Crippen molar-refractivity contribution in [1.82, 2.24) is 0 Å². The first-order valence-electron chi connectivity index (χ1n) is 5.84. The highest BCUT2D eigenvalue weighted by Gasteiger charge is 2.38. The summed E-state index contributed by atoms with van der Waals surface area (Å²) in [6, 6.07) is 18.6. The van der Waals surface area contributed by atoms with E-state index < -0.39 is 5.54 Å². The molecule has 0 aromatic heterocycles. The van der Waals surface area contributed by atoms with E-state index in [0.717, 1.165) is 17.6 Å². The van der Waals surface area contributed by atoms with Crippen molar-refractivity contribution in [3.05, 3.63) is 77.9 Å². The van der Waals surface area contributed by atoms with Crippen molar-refractivity contribution in [3.8, 4) is 0 Å². The van der Waals surface area contributed by atoms with E-state index in [1.165, 1.54) is 11.1 Å². The number of rotatable bonds is 1. The van der Waals surface area contributed by atoms with E-state index in [4.69, 9.17) is 5.73 Å². The highest BCUT2D eigenvalue weighted by Crippen LogP contribution is 2.45. The molecule has 1 heteroatoms. The maximum Gasteiger partial charge on any atom is 0.0712 e. The Morgan fingerprint density at radius 2 is 1.59 bits per heavy atom. The molecule has 0 bridgehead atoms. The molecule has 84 valence electrons. The van der Waals surface area contributed by atoms with Crippen LogP contribution in [0.5, 0.6) is 0 Å². The SMILES string of the molecule is C=C1CC(N)(c2ccccc2)c2ccccc21. The van der Waals surface area contributed by atoms with E-state index in [1.54, 1.807) is 0 Å². The van der Waals surface area contributed by atoms with Crippen LogP contribution in [0, 0.1) is 0 Å². The van der Waals surface area contributed by atoms with Crippen LogP contribution >= 0.6 is 0 Å². The lowest BCUT2D eigenvalue weighted by molar-refractivity contribution is 0.576. The summed E-state index contributed by atoms with van der Waals surface area (Å²) in [4.78, 5) is 0. The lowest BCUT2D eigenvalue weighted by Gasteiger charge is -2.25. The number of hydrogen-bond acceptors (Lipinski definition) is 1. The van der Waals surface area contributed by atoms with Crippen LogP contribution in [-0.2, 0) is 5.54 Å². The molecule has 0 amide bonds. The number of hydrogen-bond donors (Lipinski definition) is 1. The van der Waals surface area contributed by atoms with Crippen LogP contribution in [0.3, 0.4) is 0 Å². The van der Waals surface area contributed by atoms with E-state index in [-0.39, 0.29) is 0 Å². The van der Waals surface area contributed by atoms with Gasteiger partial charge in [-0.1, -0.05) is 61.2 Å². The van der Waals surface area contributed by atoms with Gasteiger partial charge < -0.3 is 5.73 Å². The fourth-order valence-corrected chi connectivity index (χ4v) is 2.70. The van der Waals surface area contributed by atoms with Gasteiger partial charge in [0.2, 0.25) is 0 Å². The standard InChI is InChI=1S/C16H15N/c1-12-11-16(17,13-7-3-2-4-8-13)15-10-6-5-9-14(12)15/h2-10H,1,11,17H2. The summed E-state index contributed by atoms with van der Waals surface area (Å²) in [5, 5.41) is 0. The highest BCUT2D eigenvalue weighted by atomic mass is 14.8. The smallest absolute Gasteiger partial charge is 0.0712 e. The van der Waals surface area contributed by atoms with Gasteiger partial charge in [0.05, 0.1) is 5.54 Å². The van der Waals surface area contributed by atoms with Crippen molar-refractivity contribution in [2.45, 2.75) is 12.0 Å². The average molecular weight is 221 g/mol. The Kier molecular flexibility index (Phi) is 2.17. The van der Waals surface area contributed by atoms with E-state index in [9.17, 15) is 0 Å². The fraction of sp³-hybridized carbons (Fsp3) is 0.125. The number of nitrogens with two attached hydrogens (primary N) is 1.